The summed E-state index contributed by atoms with van der Waals surface area (Å²) in [5.41, 5.74) is 2.87. The molecule has 8 heteroatoms. The summed E-state index contributed by atoms with van der Waals surface area (Å²) >= 11 is 0. The number of amides is 1. The molecule has 0 atom stereocenters. The van der Waals surface area contributed by atoms with Gasteiger partial charge in [-0.05, 0) is 42.3 Å². The predicted molar refractivity (Wildman–Crippen MR) is 119 cm³/mol. The number of fused-ring (bicyclic) bond motifs is 1. The number of halogens is 1. The van der Waals surface area contributed by atoms with E-state index in [-0.39, 0.29) is 11.7 Å². The van der Waals surface area contributed by atoms with Crippen molar-refractivity contribution in [2.24, 2.45) is 0 Å². The van der Waals surface area contributed by atoms with Gasteiger partial charge in [0.1, 0.15) is 17.3 Å². The van der Waals surface area contributed by atoms with E-state index in [1.54, 1.807) is 37.2 Å². The van der Waals surface area contributed by atoms with E-state index in [9.17, 15) is 9.18 Å². The molecule has 0 aliphatic rings. The standard InChI is InChI=1S/C24H23FN4O3/c1-31-21-7-6-17(22(12-21)32-2)15-29-23-18(14-28-29)11-19(13-27-23)24(30)26-9-8-16-4-3-5-20(25)10-16/h3-7,10-14H,8-9,15H2,1-2H3,(H,26,30). The Bertz CT molecular complexity index is 1260. The molecular formula is C24H23FN4O3. The van der Waals surface area contributed by atoms with Gasteiger partial charge in [0.2, 0.25) is 0 Å². The largest absolute Gasteiger partial charge is 0.497 e. The zero-order valence-electron chi connectivity index (χ0n) is 17.8. The highest BCUT2D eigenvalue weighted by molar-refractivity contribution is 5.96. The van der Waals surface area contributed by atoms with E-state index < -0.39 is 0 Å². The highest BCUT2D eigenvalue weighted by Gasteiger charge is 2.13. The molecule has 0 aliphatic heterocycles. The maximum atomic E-state index is 13.3. The summed E-state index contributed by atoms with van der Waals surface area (Å²) < 4.78 is 25.7. The third kappa shape index (κ3) is 4.69. The first-order chi connectivity index (χ1) is 15.6. The van der Waals surface area contributed by atoms with Gasteiger partial charge in [-0.1, -0.05) is 12.1 Å². The molecule has 32 heavy (non-hydrogen) atoms. The van der Waals surface area contributed by atoms with Crippen molar-refractivity contribution in [1.82, 2.24) is 20.1 Å². The monoisotopic (exact) mass is 434 g/mol. The highest BCUT2D eigenvalue weighted by Crippen LogP contribution is 2.26. The third-order valence-corrected chi connectivity index (χ3v) is 5.14. The molecule has 0 aliphatic carbocycles. The molecular weight excluding hydrogens is 411 g/mol. The second-order valence-electron chi connectivity index (χ2n) is 7.25. The van der Waals surface area contributed by atoms with Crippen molar-refractivity contribution >= 4 is 16.9 Å². The average Bonchev–Trinajstić information content (AvgIpc) is 3.21. The van der Waals surface area contributed by atoms with Crippen molar-refractivity contribution in [3.63, 3.8) is 0 Å². The molecule has 2 aromatic carbocycles. The van der Waals surface area contributed by atoms with Crippen molar-refractivity contribution in [3.05, 3.63) is 83.4 Å². The normalized spacial score (nSPS) is 10.8. The van der Waals surface area contributed by atoms with Crippen LogP contribution in [0.15, 0.2) is 60.9 Å². The van der Waals surface area contributed by atoms with Gasteiger partial charge in [-0.3, -0.25) is 4.79 Å². The molecule has 164 valence electrons. The minimum Gasteiger partial charge on any atom is -0.497 e. The van der Waals surface area contributed by atoms with Gasteiger partial charge < -0.3 is 14.8 Å². The second kappa shape index (κ2) is 9.47. The van der Waals surface area contributed by atoms with Crippen molar-refractivity contribution < 1.29 is 18.7 Å². The average molecular weight is 434 g/mol. The Balaban J connectivity index is 1.45. The number of ether oxygens (including phenoxy) is 2. The van der Waals surface area contributed by atoms with Crippen molar-refractivity contribution in [2.45, 2.75) is 13.0 Å². The molecule has 0 saturated carbocycles. The van der Waals surface area contributed by atoms with Crippen LogP contribution in [0.3, 0.4) is 0 Å². The number of hydrogen-bond donors (Lipinski definition) is 1. The lowest BCUT2D eigenvalue weighted by Gasteiger charge is -2.11. The molecule has 1 N–H and O–H groups in total. The Labute approximate surface area is 184 Å². The molecule has 2 aromatic heterocycles. The smallest absolute Gasteiger partial charge is 0.252 e. The Kier molecular flexibility index (Phi) is 6.30. The summed E-state index contributed by atoms with van der Waals surface area (Å²) in [5, 5.41) is 8.03. The van der Waals surface area contributed by atoms with Crippen LogP contribution in [0.4, 0.5) is 4.39 Å². The second-order valence-corrected chi connectivity index (χ2v) is 7.25. The van der Waals surface area contributed by atoms with Crippen LogP contribution in [0.25, 0.3) is 11.0 Å². The number of nitrogens with zero attached hydrogens (tertiary/aromatic N) is 3. The summed E-state index contributed by atoms with van der Waals surface area (Å²) in [7, 11) is 3.21. The van der Waals surface area contributed by atoms with Gasteiger partial charge in [-0.2, -0.15) is 5.10 Å². The van der Waals surface area contributed by atoms with Crippen LogP contribution < -0.4 is 14.8 Å². The third-order valence-electron chi connectivity index (χ3n) is 5.14. The molecule has 4 aromatic rings. The molecule has 0 bridgehead atoms. The Morgan fingerprint density at radius 2 is 1.97 bits per heavy atom. The minimum atomic E-state index is -0.284. The number of nitrogens with one attached hydrogen (secondary N) is 1. The number of hydrogen-bond acceptors (Lipinski definition) is 5. The number of aromatic nitrogens is 3. The van der Waals surface area contributed by atoms with E-state index in [1.165, 1.54) is 18.3 Å². The minimum absolute atomic E-state index is 0.236. The Morgan fingerprint density at radius 1 is 1.09 bits per heavy atom. The zero-order valence-corrected chi connectivity index (χ0v) is 17.8. The lowest BCUT2D eigenvalue weighted by atomic mass is 10.1. The Hall–Kier alpha value is -3.94. The first kappa shape index (κ1) is 21.3. The number of carbonyl (C=O) groups excluding carboxylic acids is 1. The van der Waals surface area contributed by atoms with E-state index >= 15 is 0 Å². The first-order valence-electron chi connectivity index (χ1n) is 10.1. The predicted octanol–water partition coefficient (Wildman–Crippen LogP) is 3.61. The van der Waals surface area contributed by atoms with Crippen LogP contribution in [0.1, 0.15) is 21.5 Å². The fourth-order valence-electron chi connectivity index (χ4n) is 3.47. The molecule has 7 nitrogen and oxygen atoms in total. The van der Waals surface area contributed by atoms with Crippen LogP contribution in [0.5, 0.6) is 11.5 Å². The van der Waals surface area contributed by atoms with E-state index in [2.05, 4.69) is 15.4 Å². The molecule has 0 spiro atoms. The number of methoxy groups -OCH3 is 2. The molecule has 4 rings (SSSR count). The molecule has 0 saturated heterocycles. The summed E-state index contributed by atoms with van der Waals surface area (Å²) in [6.07, 6.45) is 3.76. The SMILES string of the molecule is COc1ccc(Cn2ncc3cc(C(=O)NCCc4cccc(F)c4)cnc32)c(OC)c1. The summed E-state index contributed by atoms with van der Waals surface area (Å²) in [4.78, 5) is 17.0. The van der Waals surface area contributed by atoms with Gasteiger partial charge in [-0.25, -0.2) is 14.1 Å². The number of pyridine rings is 1. The summed E-state index contributed by atoms with van der Waals surface area (Å²) in [5.74, 6) is 0.887. The van der Waals surface area contributed by atoms with Crippen LogP contribution >= 0.6 is 0 Å². The fraction of sp³-hybridized carbons (Fsp3) is 0.208. The van der Waals surface area contributed by atoms with Crippen LogP contribution in [-0.2, 0) is 13.0 Å². The van der Waals surface area contributed by atoms with E-state index in [0.29, 0.717) is 42.2 Å². The van der Waals surface area contributed by atoms with Crippen molar-refractivity contribution in [2.75, 3.05) is 20.8 Å². The van der Waals surface area contributed by atoms with Gasteiger partial charge in [0.05, 0.1) is 32.5 Å². The number of carbonyl (C=O) groups is 1. The lowest BCUT2D eigenvalue weighted by Crippen LogP contribution is -2.25. The molecule has 0 unspecified atom stereocenters. The van der Waals surface area contributed by atoms with Crippen molar-refractivity contribution in [3.8, 4) is 11.5 Å². The maximum absolute atomic E-state index is 13.3. The van der Waals surface area contributed by atoms with Crippen LogP contribution in [0, 0.1) is 5.82 Å². The van der Waals surface area contributed by atoms with Crippen LogP contribution in [-0.4, -0.2) is 41.4 Å². The molecule has 2 heterocycles. The van der Waals surface area contributed by atoms with Crippen LogP contribution in [0.2, 0.25) is 0 Å². The molecule has 1 amide bonds. The quantitative estimate of drug-likeness (QED) is 0.458. The molecule has 0 radical (unpaired) electrons. The summed E-state index contributed by atoms with van der Waals surface area (Å²) in [6.45, 7) is 0.861. The Morgan fingerprint density at radius 3 is 2.75 bits per heavy atom. The lowest BCUT2D eigenvalue weighted by molar-refractivity contribution is 0.0954. The van der Waals surface area contributed by atoms with E-state index in [4.69, 9.17) is 9.47 Å². The van der Waals surface area contributed by atoms with Gasteiger partial charge in [0, 0.05) is 29.8 Å². The topological polar surface area (TPSA) is 78.3 Å². The van der Waals surface area contributed by atoms with Gasteiger partial charge in [0.25, 0.3) is 5.91 Å². The molecule has 0 fully saturated rings. The number of rotatable bonds is 8. The van der Waals surface area contributed by atoms with E-state index in [0.717, 1.165) is 16.5 Å². The summed E-state index contributed by atoms with van der Waals surface area (Å²) in [6, 6.07) is 13.7. The van der Waals surface area contributed by atoms with Crippen molar-refractivity contribution in [1.29, 1.82) is 0 Å². The highest BCUT2D eigenvalue weighted by atomic mass is 19.1. The van der Waals surface area contributed by atoms with Gasteiger partial charge in [-0.15, -0.1) is 0 Å². The number of benzene rings is 2. The van der Waals surface area contributed by atoms with Gasteiger partial charge in [0.15, 0.2) is 5.65 Å². The van der Waals surface area contributed by atoms with E-state index in [1.807, 2.05) is 24.3 Å². The maximum Gasteiger partial charge on any atom is 0.252 e. The van der Waals surface area contributed by atoms with Gasteiger partial charge >= 0.3 is 0 Å². The fourth-order valence-corrected chi connectivity index (χ4v) is 3.47. The first-order valence-corrected chi connectivity index (χ1v) is 10.1. The zero-order chi connectivity index (χ0) is 22.5.